The lowest BCUT2D eigenvalue weighted by molar-refractivity contribution is 0.391. The van der Waals surface area contributed by atoms with Gasteiger partial charge in [-0.3, -0.25) is 4.79 Å². The molecule has 0 saturated carbocycles. The van der Waals surface area contributed by atoms with Gasteiger partial charge >= 0.3 is 0 Å². The van der Waals surface area contributed by atoms with Crippen LogP contribution in [0.5, 0.6) is 0 Å². The molecule has 1 N–H and O–H groups in total. The molecule has 0 bridgehead atoms. The van der Waals surface area contributed by atoms with Gasteiger partial charge in [0.15, 0.2) is 5.16 Å². The monoisotopic (exact) mass is 414 g/mol. The standard InChI is InChI=1S/C19H12ClFN4O2S/c20-13-3-1-2-12(8-13)18-24-17(27-25-18)10-28-19-22-15(9-16(26)23-19)11-4-6-14(21)7-5-11/h1-9H,10H2,(H,22,23,26). The number of nitrogens with one attached hydrogen (secondary N) is 1. The van der Waals surface area contributed by atoms with Crippen LogP contribution in [0, 0.1) is 5.82 Å². The molecule has 0 atom stereocenters. The second-order valence-corrected chi connectivity index (χ2v) is 7.15. The average molecular weight is 415 g/mol. The van der Waals surface area contributed by atoms with Gasteiger partial charge < -0.3 is 9.51 Å². The van der Waals surface area contributed by atoms with Gasteiger partial charge in [-0.05, 0) is 36.4 Å². The van der Waals surface area contributed by atoms with E-state index in [1.807, 2.05) is 6.07 Å². The molecule has 0 aliphatic carbocycles. The molecule has 9 heteroatoms. The topological polar surface area (TPSA) is 84.7 Å². The van der Waals surface area contributed by atoms with Crippen molar-refractivity contribution in [2.24, 2.45) is 0 Å². The van der Waals surface area contributed by atoms with Crippen LogP contribution in [0.1, 0.15) is 5.89 Å². The number of halogens is 2. The largest absolute Gasteiger partial charge is 0.338 e. The first-order valence-corrected chi connectivity index (χ1v) is 9.52. The Kier molecular flexibility index (Phi) is 5.23. The van der Waals surface area contributed by atoms with Crippen molar-refractivity contribution in [1.82, 2.24) is 20.1 Å². The van der Waals surface area contributed by atoms with Crippen LogP contribution in [0.15, 0.2) is 69.1 Å². The molecule has 0 spiro atoms. The smallest absolute Gasteiger partial charge is 0.252 e. The summed E-state index contributed by atoms with van der Waals surface area (Å²) in [5.74, 6) is 0.785. The van der Waals surface area contributed by atoms with E-state index >= 15 is 0 Å². The van der Waals surface area contributed by atoms with Crippen molar-refractivity contribution in [2.45, 2.75) is 10.9 Å². The number of nitrogens with zero attached hydrogens (tertiary/aromatic N) is 3. The fourth-order valence-electron chi connectivity index (χ4n) is 2.46. The molecule has 4 aromatic rings. The first kappa shape index (κ1) is 18.4. The van der Waals surface area contributed by atoms with Gasteiger partial charge in [0.2, 0.25) is 11.7 Å². The Bertz CT molecular complexity index is 1180. The summed E-state index contributed by atoms with van der Waals surface area (Å²) in [5, 5.41) is 4.92. The maximum Gasteiger partial charge on any atom is 0.252 e. The predicted molar refractivity (Wildman–Crippen MR) is 105 cm³/mol. The highest BCUT2D eigenvalue weighted by Crippen LogP contribution is 2.24. The molecular weight excluding hydrogens is 403 g/mol. The SMILES string of the molecule is O=c1cc(-c2ccc(F)cc2)nc(SCc2nc(-c3cccc(Cl)c3)no2)[nH]1. The first-order chi connectivity index (χ1) is 13.6. The minimum atomic E-state index is -0.352. The number of hydrogen-bond donors (Lipinski definition) is 1. The molecule has 0 saturated heterocycles. The van der Waals surface area contributed by atoms with Gasteiger partial charge in [-0.15, -0.1) is 0 Å². The highest BCUT2D eigenvalue weighted by molar-refractivity contribution is 7.98. The number of aromatic amines is 1. The number of thioether (sulfide) groups is 1. The summed E-state index contributed by atoms with van der Waals surface area (Å²) in [6, 6.07) is 14.3. The van der Waals surface area contributed by atoms with Crippen LogP contribution >= 0.6 is 23.4 Å². The molecule has 2 heterocycles. The average Bonchev–Trinajstić information content (AvgIpc) is 3.16. The maximum atomic E-state index is 13.1. The predicted octanol–water partition coefficient (Wildman–Crippen LogP) is 4.57. The van der Waals surface area contributed by atoms with E-state index in [0.29, 0.717) is 38.9 Å². The summed E-state index contributed by atoms with van der Waals surface area (Å²) < 4.78 is 18.3. The summed E-state index contributed by atoms with van der Waals surface area (Å²) in [6.07, 6.45) is 0. The van der Waals surface area contributed by atoms with Crippen LogP contribution in [0.4, 0.5) is 4.39 Å². The van der Waals surface area contributed by atoms with E-state index in [1.165, 1.54) is 30.0 Å². The number of benzene rings is 2. The minimum Gasteiger partial charge on any atom is -0.338 e. The summed E-state index contributed by atoms with van der Waals surface area (Å²) >= 11 is 7.23. The molecule has 0 aliphatic heterocycles. The highest BCUT2D eigenvalue weighted by atomic mass is 35.5. The summed E-state index contributed by atoms with van der Waals surface area (Å²) in [7, 11) is 0. The molecule has 140 valence electrons. The molecule has 28 heavy (non-hydrogen) atoms. The molecule has 0 unspecified atom stereocenters. The molecular formula is C19H12ClFN4O2S. The van der Waals surface area contributed by atoms with Crippen LogP contribution in [-0.2, 0) is 5.75 Å². The van der Waals surface area contributed by atoms with E-state index in [1.54, 1.807) is 30.3 Å². The third-order valence-electron chi connectivity index (χ3n) is 3.74. The van der Waals surface area contributed by atoms with Crippen LogP contribution in [-0.4, -0.2) is 20.1 Å². The fraction of sp³-hybridized carbons (Fsp3) is 0.0526. The fourth-order valence-corrected chi connectivity index (χ4v) is 3.36. The van der Waals surface area contributed by atoms with E-state index in [-0.39, 0.29) is 11.4 Å². The van der Waals surface area contributed by atoms with Crippen molar-refractivity contribution in [2.75, 3.05) is 0 Å². The summed E-state index contributed by atoms with van der Waals surface area (Å²) in [6.45, 7) is 0. The van der Waals surface area contributed by atoms with Gasteiger partial charge in [-0.25, -0.2) is 9.37 Å². The van der Waals surface area contributed by atoms with Crippen LogP contribution in [0.25, 0.3) is 22.6 Å². The molecule has 6 nitrogen and oxygen atoms in total. The molecule has 2 aromatic heterocycles. The Balaban J connectivity index is 1.51. The van der Waals surface area contributed by atoms with Crippen molar-refractivity contribution < 1.29 is 8.91 Å². The normalized spacial score (nSPS) is 10.9. The molecule has 4 rings (SSSR count). The Morgan fingerprint density at radius 2 is 1.89 bits per heavy atom. The van der Waals surface area contributed by atoms with E-state index in [9.17, 15) is 9.18 Å². The summed E-state index contributed by atoms with van der Waals surface area (Å²) in [5.41, 5.74) is 1.55. The van der Waals surface area contributed by atoms with Crippen LogP contribution < -0.4 is 5.56 Å². The van der Waals surface area contributed by atoms with Gasteiger partial charge in [0, 0.05) is 22.2 Å². The quantitative estimate of drug-likeness (QED) is 0.380. The van der Waals surface area contributed by atoms with Gasteiger partial charge in [0.25, 0.3) is 5.56 Å². The van der Waals surface area contributed by atoms with Crippen LogP contribution in [0.2, 0.25) is 5.02 Å². The van der Waals surface area contributed by atoms with Crippen molar-refractivity contribution in [3.8, 4) is 22.6 Å². The van der Waals surface area contributed by atoms with Crippen LogP contribution in [0.3, 0.4) is 0 Å². The Labute approximate surface area is 167 Å². The molecule has 2 aromatic carbocycles. The minimum absolute atomic E-state index is 0.304. The Morgan fingerprint density at radius 3 is 2.68 bits per heavy atom. The van der Waals surface area contributed by atoms with E-state index in [4.69, 9.17) is 16.1 Å². The zero-order valence-corrected chi connectivity index (χ0v) is 15.8. The van der Waals surface area contributed by atoms with Gasteiger partial charge in [-0.1, -0.05) is 40.7 Å². The van der Waals surface area contributed by atoms with Crippen molar-refractivity contribution in [1.29, 1.82) is 0 Å². The number of aromatic nitrogens is 4. The molecule has 0 radical (unpaired) electrons. The number of hydrogen-bond acceptors (Lipinski definition) is 6. The molecule has 0 amide bonds. The number of rotatable bonds is 5. The first-order valence-electron chi connectivity index (χ1n) is 8.15. The van der Waals surface area contributed by atoms with Crippen molar-refractivity contribution >= 4 is 23.4 Å². The van der Waals surface area contributed by atoms with E-state index in [0.717, 1.165) is 5.56 Å². The number of H-pyrrole nitrogens is 1. The third kappa shape index (κ3) is 4.29. The zero-order valence-electron chi connectivity index (χ0n) is 14.2. The third-order valence-corrected chi connectivity index (χ3v) is 4.84. The maximum absolute atomic E-state index is 13.1. The van der Waals surface area contributed by atoms with Gasteiger partial charge in [0.05, 0.1) is 11.4 Å². The summed E-state index contributed by atoms with van der Waals surface area (Å²) in [4.78, 5) is 23.3. The van der Waals surface area contributed by atoms with Gasteiger partial charge in [0.1, 0.15) is 5.82 Å². The molecule has 0 fully saturated rings. The van der Waals surface area contributed by atoms with E-state index in [2.05, 4.69) is 20.1 Å². The second-order valence-electron chi connectivity index (χ2n) is 5.75. The van der Waals surface area contributed by atoms with Crippen molar-refractivity contribution in [3.63, 3.8) is 0 Å². The van der Waals surface area contributed by atoms with E-state index < -0.39 is 0 Å². The van der Waals surface area contributed by atoms with Gasteiger partial charge in [-0.2, -0.15) is 4.98 Å². The highest BCUT2D eigenvalue weighted by Gasteiger charge is 2.11. The lowest BCUT2D eigenvalue weighted by atomic mass is 10.1. The Morgan fingerprint density at radius 1 is 1.07 bits per heavy atom. The zero-order chi connectivity index (χ0) is 19.5. The lowest BCUT2D eigenvalue weighted by Gasteiger charge is -2.03. The lowest BCUT2D eigenvalue weighted by Crippen LogP contribution is -2.08. The second kappa shape index (κ2) is 7.95. The Hall–Kier alpha value is -2.97. The molecule has 0 aliphatic rings. The van der Waals surface area contributed by atoms with Crippen molar-refractivity contribution in [3.05, 3.63) is 81.7 Å².